The molecule has 0 fully saturated rings. The van der Waals surface area contributed by atoms with Gasteiger partial charge < -0.3 is 5.32 Å². The van der Waals surface area contributed by atoms with E-state index in [1.54, 1.807) is 5.32 Å². The second kappa shape index (κ2) is 8.09. The molecule has 150 valence electrons. The number of imide groups is 1. The lowest BCUT2D eigenvalue weighted by Gasteiger charge is -2.18. The molecule has 0 bridgehead atoms. The lowest BCUT2D eigenvalue weighted by Crippen LogP contribution is -2.35. The quantitative estimate of drug-likeness (QED) is 0.524. The summed E-state index contributed by atoms with van der Waals surface area (Å²) in [6.07, 6.45) is -5.74. The third-order valence-electron chi connectivity index (χ3n) is 3.11. The molecule has 2 rings (SSSR count). The number of thioether (sulfide) groups is 1. The van der Waals surface area contributed by atoms with Gasteiger partial charge in [-0.1, -0.05) is 6.07 Å². The summed E-state index contributed by atoms with van der Waals surface area (Å²) in [7, 11) is 0. The number of hydrogen-bond acceptors (Lipinski definition) is 3. The highest BCUT2D eigenvalue weighted by atomic mass is 32.2. The highest BCUT2D eigenvalue weighted by Crippen LogP contribution is 2.47. The van der Waals surface area contributed by atoms with Crippen LogP contribution >= 0.6 is 11.8 Å². The van der Waals surface area contributed by atoms with Gasteiger partial charge in [-0.2, -0.15) is 22.0 Å². The lowest BCUT2D eigenvalue weighted by molar-refractivity contribution is -0.237. The number of carbonyl (C=O) groups excluding carboxylic acids is 2. The Hall–Kier alpha value is -2.76. The summed E-state index contributed by atoms with van der Waals surface area (Å²) < 4.78 is 89.3. The van der Waals surface area contributed by atoms with Gasteiger partial charge in [-0.3, -0.25) is 10.1 Å². The van der Waals surface area contributed by atoms with E-state index in [2.05, 4.69) is 5.32 Å². The molecule has 0 aromatic heterocycles. The van der Waals surface area contributed by atoms with Crippen LogP contribution in [0.15, 0.2) is 47.4 Å². The molecule has 0 aliphatic carbocycles. The SMILES string of the molecule is O=C(NC(=O)c1c(F)cccc1F)Nc1ccc(SC(F)(F)C(F)(F)F)cc1. The van der Waals surface area contributed by atoms with E-state index in [0.29, 0.717) is 0 Å². The van der Waals surface area contributed by atoms with Crippen molar-refractivity contribution in [1.82, 2.24) is 5.32 Å². The van der Waals surface area contributed by atoms with Gasteiger partial charge in [-0.25, -0.2) is 13.6 Å². The van der Waals surface area contributed by atoms with Crippen molar-refractivity contribution in [3.05, 3.63) is 59.7 Å². The van der Waals surface area contributed by atoms with Crippen molar-refractivity contribution in [3.8, 4) is 0 Å². The van der Waals surface area contributed by atoms with Gasteiger partial charge in [-0.15, -0.1) is 0 Å². The summed E-state index contributed by atoms with van der Waals surface area (Å²) in [5, 5.41) is -1.28. The van der Waals surface area contributed by atoms with Crippen LogP contribution in [0.25, 0.3) is 0 Å². The molecule has 0 aliphatic rings. The Morgan fingerprint density at radius 1 is 0.857 bits per heavy atom. The predicted molar refractivity (Wildman–Crippen MR) is 86.1 cm³/mol. The molecule has 3 amide bonds. The number of anilines is 1. The number of urea groups is 1. The monoisotopic (exact) mass is 426 g/mol. The predicted octanol–water partition coefficient (Wildman–Crippen LogP) is 5.17. The minimum absolute atomic E-state index is 0.0704. The van der Waals surface area contributed by atoms with Gasteiger partial charge in [0, 0.05) is 10.6 Å². The van der Waals surface area contributed by atoms with Gasteiger partial charge in [0.25, 0.3) is 5.91 Å². The van der Waals surface area contributed by atoms with Crippen molar-refractivity contribution in [2.24, 2.45) is 0 Å². The van der Waals surface area contributed by atoms with Crippen molar-refractivity contribution in [3.63, 3.8) is 0 Å². The molecule has 2 aromatic rings. The first kappa shape index (κ1) is 21.5. The van der Waals surface area contributed by atoms with E-state index in [0.717, 1.165) is 42.5 Å². The molecule has 2 N–H and O–H groups in total. The van der Waals surface area contributed by atoms with Gasteiger partial charge in [0.2, 0.25) is 0 Å². The molecule has 0 unspecified atom stereocenters. The van der Waals surface area contributed by atoms with E-state index < -0.39 is 57.2 Å². The Kier molecular flexibility index (Phi) is 6.22. The van der Waals surface area contributed by atoms with E-state index in [1.807, 2.05) is 0 Å². The zero-order valence-corrected chi connectivity index (χ0v) is 14.2. The van der Waals surface area contributed by atoms with Gasteiger partial charge in [0.15, 0.2) is 0 Å². The smallest absolute Gasteiger partial charge is 0.308 e. The van der Waals surface area contributed by atoms with Crippen LogP contribution in [0.4, 0.5) is 41.2 Å². The van der Waals surface area contributed by atoms with E-state index in [-0.39, 0.29) is 5.69 Å². The van der Waals surface area contributed by atoms with Crippen LogP contribution in [-0.4, -0.2) is 23.4 Å². The number of benzene rings is 2. The Morgan fingerprint density at radius 3 is 1.89 bits per heavy atom. The summed E-state index contributed by atoms with van der Waals surface area (Å²) in [6, 6.07) is 5.21. The minimum atomic E-state index is -5.74. The van der Waals surface area contributed by atoms with Crippen LogP contribution in [0, 0.1) is 11.6 Å². The molecular weight excluding hydrogens is 417 g/mol. The van der Waals surface area contributed by atoms with Crippen molar-refractivity contribution in [2.45, 2.75) is 16.3 Å². The number of amides is 3. The van der Waals surface area contributed by atoms with Gasteiger partial charge in [0.1, 0.15) is 17.2 Å². The molecule has 0 saturated heterocycles. The normalized spacial score (nSPS) is 11.8. The maximum atomic E-state index is 13.5. The first-order valence-corrected chi connectivity index (χ1v) is 8.02. The average molecular weight is 426 g/mol. The molecule has 0 spiro atoms. The van der Waals surface area contributed by atoms with Crippen LogP contribution < -0.4 is 10.6 Å². The molecule has 0 aliphatic heterocycles. The summed E-state index contributed by atoms with van der Waals surface area (Å²) >= 11 is -0.733. The van der Waals surface area contributed by atoms with E-state index in [9.17, 15) is 40.3 Å². The maximum Gasteiger partial charge on any atom is 0.464 e. The fraction of sp³-hybridized carbons (Fsp3) is 0.125. The standard InChI is InChI=1S/C16H9F7N2O2S/c17-10-2-1-3-11(18)12(10)13(26)25-14(27)24-8-4-6-9(7-5-8)28-16(22,23)15(19,20)21/h1-7H,(H2,24,25,26,27). The summed E-state index contributed by atoms with van der Waals surface area (Å²) in [4.78, 5) is 23.0. The van der Waals surface area contributed by atoms with Gasteiger partial charge >= 0.3 is 17.5 Å². The average Bonchev–Trinajstić information content (AvgIpc) is 2.55. The van der Waals surface area contributed by atoms with Crippen LogP contribution in [0.2, 0.25) is 0 Å². The number of alkyl halides is 5. The molecule has 12 heteroatoms. The first-order valence-electron chi connectivity index (χ1n) is 7.20. The van der Waals surface area contributed by atoms with Crippen LogP contribution in [0.3, 0.4) is 0 Å². The minimum Gasteiger partial charge on any atom is -0.308 e. The summed E-state index contributed by atoms with van der Waals surface area (Å²) in [5.41, 5.74) is -1.06. The van der Waals surface area contributed by atoms with Crippen molar-refractivity contribution in [2.75, 3.05) is 5.32 Å². The number of hydrogen-bond donors (Lipinski definition) is 2. The van der Waals surface area contributed by atoms with Crippen molar-refractivity contribution >= 4 is 29.4 Å². The third kappa shape index (κ3) is 5.15. The van der Waals surface area contributed by atoms with Crippen molar-refractivity contribution < 1.29 is 40.3 Å². The summed E-state index contributed by atoms with van der Waals surface area (Å²) in [5.74, 6) is -3.76. The van der Waals surface area contributed by atoms with Crippen LogP contribution in [-0.2, 0) is 0 Å². The molecule has 2 aromatic carbocycles. The topological polar surface area (TPSA) is 58.2 Å². The zero-order valence-electron chi connectivity index (χ0n) is 13.4. The van der Waals surface area contributed by atoms with E-state index >= 15 is 0 Å². The zero-order chi connectivity index (χ0) is 21.1. The molecule has 0 heterocycles. The second-order valence-corrected chi connectivity index (χ2v) is 6.33. The maximum absolute atomic E-state index is 13.5. The molecular formula is C16H9F7N2O2S. The van der Waals surface area contributed by atoms with E-state index in [4.69, 9.17) is 0 Å². The molecule has 0 radical (unpaired) electrons. The largest absolute Gasteiger partial charge is 0.464 e. The van der Waals surface area contributed by atoms with Crippen molar-refractivity contribution in [1.29, 1.82) is 0 Å². The highest BCUT2D eigenvalue weighted by Gasteiger charge is 2.58. The highest BCUT2D eigenvalue weighted by molar-refractivity contribution is 8.00. The molecule has 4 nitrogen and oxygen atoms in total. The molecule has 28 heavy (non-hydrogen) atoms. The van der Waals surface area contributed by atoms with Crippen LogP contribution in [0.1, 0.15) is 10.4 Å². The molecule has 0 saturated carbocycles. The number of nitrogens with one attached hydrogen (secondary N) is 2. The third-order valence-corrected chi connectivity index (χ3v) is 4.10. The Labute approximate surface area is 157 Å². The fourth-order valence-electron chi connectivity index (χ4n) is 1.85. The van der Waals surface area contributed by atoms with E-state index in [1.165, 1.54) is 0 Å². The molecule has 0 atom stereocenters. The first-order chi connectivity index (χ1) is 12.9. The van der Waals surface area contributed by atoms with Gasteiger partial charge in [-0.05, 0) is 48.2 Å². The van der Waals surface area contributed by atoms with Crippen LogP contribution in [0.5, 0.6) is 0 Å². The Morgan fingerprint density at radius 2 is 1.39 bits per heavy atom. The van der Waals surface area contributed by atoms with Gasteiger partial charge in [0.05, 0.1) is 0 Å². The Bertz CT molecular complexity index is 865. The lowest BCUT2D eigenvalue weighted by atomic mass is 10.2. The Balaban J connectivity index is 2.00. The number of rotatable bonds is 4. The second-order valence-electron chi connectivity index (χ2n) is 5.15. The number of halogens is 7. The number of carbonyl (C=O) groups is 2. The fourth-order valence-corrected chi connectivity index (χ4v) is 2.54. The summed E-state index contributed by atoms with van der Waals surface area (Å²) in [6.45, 7) is 0.